The normalized spacial score (nSPS) is 16.5. The number of ether oxygens (including phenoxy) is 2. The molecule has 1 N–H and O–H groups in total. The minimum atomic E-state index is -4.05. The number of likely N-dealkylation sites (tertiary alicyclic amines) is 1. The van der Waals surface area contributed by atoms with E-state index >= 15 is 0 Å². The summed E-state index contributed by atoms with van der Waals surface area (Å²) in [7, 11) is -2.48. The molecule has 1 fully saturated rings. The number of hydrogen-bond acceptors (Lipinski definition) is 7. The first-order valence-electron chi connectivity index (χ1n) is 10.3. The number of carbonyl (C=O) groups excluding carboxylic acids is 2. The molecule has 1 amide bonds. The monoisotopic (exact) mass is 498 g/mol. The van der Waals surface area contributed by atoms with Crippen molar-refractivity contribution in [2.75, 3.05) is 17.9 Å². The summed E-state index contributed by atoms with van der Waals surface area (Å²) >= 11 is 5.98. The van der Waals surface area contributed by atoms with Crippen LogP contribution >= 0.6 is 11.6 Å². The molecule has 10 nitrogen and oxygen atoms in total. The lowest BCUT2D eigenvalue weighted by Crippen LogP contribution is -2.42. The van der Waals surface area contributed by atoms with E-state index in [0.29, 0.717) is 13.0 Å². The van der Waals surface area contributed by atoms with Gasteiger partial charge in [-0.1, -0.05) is 17.7 Å². The number of halogens is 1. The van der Waals surface area contributed by atoms with E-state index in [0.717, 1.165) is 6.42 Å². The van der Waals surface area contributed by atoms with Gasteiger partial charge in [0.05, 0.1) is 17.9 Å². The first kappa shape index (κ1) is 24.8. The van der Waals surface area contributed by atoms with Crippen molar-refractivity contribution in [2.45, 2.75) is 50.3 Å². The molecule has 180 valence electrons. The zero-order valence-electron chi connectivity index (χ0n) is 18.9. The van der Waals surface area contributed by atoms with Crippen LogP contribution in [0.2, 0.25) is 5.15 Å². The van der Waals surface area contributed by atoms with Crippen LogP contribution in [0, 0.1) is 0 Å². The first-order chi connectivity index (χ1) is 15.4. The Balaban J connectivity index is 1.64. The highest BCUT2D eigenvalue weighted by Gasteiger charge is 2.33. The minimum absolute atomic E-state index is 0.0115. The van der Waals surface area contributed by atoms with Crippen LogP contribution in [0.4, 0.5) is 10.5 Å². The molecular formula is C21H27ClN4O6S. The van der Waals surface area contributed by atoms with Crippen molar-refractivity contribution in [2.24, 2.45) is 7.05 Å². The summed E-state index contributed by atoms with van der Waals surface area (Å²) in [5.41, 5.74) is -0.305. The fourth-order valence-corrected chi connectivity index (χ4v) is 4.80. The Labute approximate surface area is 197 Å². The highest BCUT2D eigenvalue weighted by Crippen LogP contribution is 2.24. The molecular weight excluding hydrogens is 472 g/mol. The molecule has 12 heteroatoms. The molecule has 1 aliphatic heterocycles. The molecule has 0 bridgehead atoms. The smallest absolute Gasteiger partial charge is 0.410 e. The number of hydrogen-bond donors (Lipinski definition) is 1. The second-order valence-electron chi connectivity index (χ2n) is 8.71. The predicted molar refractivity (Wildman–Crippen MR) is 122 cm³/mol. The predicted octanol–water partition coefficient (Wildman–Crippen LogP) is 3.43. The van der Waals surface area contributed by atoms with Gasteiger partial charge in [-0.15, -0.1) is 0 Å². The molecule has 1 saturated heterocycles. The zero-order valence-corrected chi connectivity index (χ0v) is 20.4. The largest absolute Gasteiger partial charge is 0.460 e. The Bertz CT molecular complexity index is 1140. The second-order valence-corrected chi connectivity index (χ2v) is 10.7. The van der Waals surface area contributed by atoms with Gasteiger partial charge in [-0.3, -0.25) is 4.72 Å². The van der Waals surface area contributed by atoms with E-state index in [1.165, 1.54) is 35.2 Å². The number of nitrogens with one attached hydrogen (secondary N) is 1. The minimum Gasteiger partial charge on any atom is -0.460 e. The Hall–Kier alpha value is -2.79. The summed E-state index contributed by atoms with van der Waals surface area (Å²) in [5, 5.41) is -0.354. The van der Waals surface area contributed by atoms with E-state index in [9.17, 15) is 18.0 Å². The van der Waals surface area contributed by atoms with Crippen molar-refractivity contribution >= 4 is 39.4 Å². The number of carbonyl (C=O) groups is 2. The number of amides is 1. The van der Waals surface area contributed by atoms with Crippen LogP contribution in [0.5, 0.6) is 0 Å². The summed E-state index contributed by atoms with van der Waals surface area (Å²) in [4.78, 5) is 30.3. The maximum absolute atomic E-state index is 12.6. The first-order valence-corrected chi connectivity index (χ1v) is 12.2. The average Bonchev–Trinajstić information content (AvgIpc) is 3.32. The van der Waals surface area contributed by atoms with Crippen LogP contribution in [0.25, 0.3) is 0 Å². The van der Waals surface area contributed by atoms with Gasteiger partial charge >= 0.3 is 12.1 Å². The number of sulfonamides is 1. The van der Waals surface area contributed by atoms with Crippen LogP contribution in [0.15, 0.2) is 35.6 Å². The standard InChI is InChI=1S/C21H27ClN4O6S/c1-21(2,3)32-20(28)26-10-6-9-16(26)12-31-19(27)14-7-5-8-15(11-14)24-33(29,30)18-17(22)25(4)13-23-18/h5,7-8,11,13,16,24H,6,9-10,12H2,1-4H3. The van der Waals surface area contributed by atoms with E-state index < -0.39 is 27.7 Å². The molecule has 0 aliphatic carbocycles. The molecule has 0 radical (unpaired) electrons. The van der Waals surface area contributed by atoms with Crippen LogP contribution in [0.3, 0.4) is 0 Å². The van der Waals surface area contributed by atoms with Gasteiger partial charge in [0, 0.05) is 19.3 Å². The Morgan fingerprint density at radius 1 is 1.30 bits per heavy atom. The lowest BCUT2D eigenvalue weighted by molar-refractivity contribution is 0.0106. The number of anilines is 1. The van der Waals surface area contributed by atoms with Crippen molar-refractivity contribution in [1.82, 2.24) is 14.5 Å². The van der Waals surface area contributed by atoms with Gasteiger partial charge in [-0.05, 0) is 51.8 Å². The van der Waals surface area contributed by atoms with Gasteiger partial charge in [0.15, 0.2) is 0 Å². The topological polar surface area (TPSA) is 120 Å². The molecule has 1 aliphatic rings. The highest BCUT2D eigenvalue weighted by atomic mass is 35.5. The van der Waals surface area contributed by atoms with Gasteiger partial charge in [0.25, 0.3) is 10.0 Å². The number of aryl methyl sites for hydroxylation is 1. The van der Waals surface area contributed by atoms with Crippen LogP contribution in [0.1, 0.15) is 44.0 Å². The van der Waals surface area contributed by atoms with E-state index in [-0.39, 0.29) is 34.1 Å². The summed E-state index contributed by atoms with van der Waals surface area (Å²) in [6.07, 6.45) is 2.32. The SMILES string of the molecule is Cn1cnc(S(=O)(=O)Nc2cccc(C(=O)OCC3CCCN3C(=O)OC(C)(C)C)c2)c1Cl. The molecule has 0 saturated carbocycles. The molecule has 2 heterocycles. The summed E-state index contributed by atoms with van der Waals surface area (Å²) in [6, 6.07) is 5.60. The van der Waals surface area contributed by atoms with E-state index in [2.05, 4.69) is 9.71 Å². The lowest BCUT2D eigenvalue weighted by atomic mass is 10.2. The van der Waals surface area contributed by atoms with E-state index in [4.69, 9.17) is 21.1 Å². The fraction of sp³-hybridized carbons (Fsp3) is 0.476. The summed E-state index contributed by atoms with van der Waals surface area (Å²) in [5.74, 6) is -0.636. The summed E-state index contributed by atoms with van der Waals surface area (Å²) in [6.45, 7) is 5.92. The van der Waals surface area contributed by atoms with Crippen molar-refractivity contribution in [1.29, 1.82) is 0 Å². The average molecular weight is 499 g/mol. The molecule has 33 heavy (non-hydrogen) atoms. The third kappa shape index (κ3) is 6.17. The molecule has 1 aromatic carbocycles. The van der Waals surface area contributed by atoms with Crippen LogP contribution < -0.4 is 4.72 Å². The van der Waals surface area contributed by atoms with E-state index in [1.54, 1.807) is 32.7 Å². The number of benzene rings is 1. The van der Waals surface area contributed by atoms with Crippen LogP contribution in [-0.4, -0.2) is 59.7 Å². The Kier molecular flexibility index (Phi) is 7.23. The van der Waals surface area contributed by atoms with Gasteiger partial charge < -0.3 is 18.9 Å². The van der Waals surface area contributed by atoms with Gasteiger partial charge in [-0.25, -0.2) is 14.6 Å². The number of esters is 1. The zero-order chi connectivity index (χ0) is 24.4. The third-order valence-corrected chi connectivity index (χ3v) is 6.72. The van der Waals surface area contributed by atoms with Crippen molar-refractivity contribution in [3.63, 3.8) is 0 Å². The van der Waals surface area contributed by atoms with Crippen molar-refractivity contribution < 1.29 is 27.5 Å². The third-order valence-electron chi connectivity index (χ3n) is 4.85. The number of imidazole rings is 1. The second kappa shape index (κ2) is 9.60. The van der Waals surface area contributed by atoms with Gasteiger partial charge in [-0.2, -0.15) is 8.42 Å². The van der Waals surface area contributed by atoms with Crippen LogP contribution in [-0.2, 0) is 26.5 Å². The molecule has 1 unspecified atom stereocenters. The van der Waals surface area contributed by atoms with Gasteiger partial charge in [0.1, 0.15) is 17.4 Å². The molecule has 0 spiro atoms. The van der Waals surface area contributed by atoms with E-state index in [1.807, 2.05) is 0 Å². The number of nitrogens with zero attached hydrogens (tertiary/aromatic N) is 3. The quantitative estimate of drug-likeness (QED) is 0.606. The van der Waals surface area contributed by atoms with Crippen molar-refractivity contribution in [3.8, 4) is 0 Å². The summed E-state index contributed by atoms with van der Waals surface area (Å²) < 4.78 is 39.7. The molecule has 2 aromatic rings. The lowest BCUT2D eigenvalue weighted by Gasteiger charge is -2.28. The fourth-order valence-electron chi connectivity index (χ4n) is 3.31. The molecule has 1 aromatic heterocycles. The maximum Gasteiger partial charge on any atom is 0.410 e. The Morgan fingerprint density at radius 2 is 2.03 bits per heavy atom. The van der Waals surface area contributed by atoms with Crippen molar-refractivity contribution in [3.05, 3.63) is 41.3 Å². The van der Waals surface area contributed by atoms with Gasteiger partial charge in [0.2, 0.25) is 5.03 Å². The highest BCUT2D eigenvalue weighted by molar-refractivity contribution is 7.92. The molecule has 3 rings (SSSR count). The number of aromatic nitrogens is 2. The number of rotatable bonds is 6. The Morgan fingerprint density at radius 3 is 2.67 bits per heavy atom. The molecule has 1 atom stereocenters. The maximum atomic E-state index is 12.6.